The van der Waals surface area contributed by atoms with Crippen molar-refractivity contribution in [2.45, 2.75) is 39.7 Å². The van der Waals surface area contributed by atoms with Gasteiger partial charge in [0.1, 0.15) is 0 Å². The first-order valence-corrected chi connectivity index (χ1v) is 7.70. The second-order valence-electron chi connectivity index (χ2n) is 6.26. The molecule has 4 nitrogen and oxygen atoms in total. The predicted molar refractivity (Wildman–Crippen MR) is 93.0 cm³/mol. The van der Waals surface area contributed by atoms with E-state index in [1.807, 2.05) is 51.1 Å². The maximum Gasteiger partial charge on any atom is 0.241 e. The second-order valence-corrected chi connectivity index (χ2v) is 6.26. The van der Waals surface area contributed by atoms with Gasteiger partial charge in [0.15, 0.2) is 0 Å². The Labute approximate surface area is 137 Å². The van der Waals surface area contributed by atoms with Gasteiger partial charge in [0.2, 0.25) is 5.91 Å². The number of aryl methyl sites for hydroxylation is 3. The Kier molecular flexibility index (Phi) is 5.06. The first-order valence-electron chi connectivity index (χ1n) is 7.70. The Balaban J connectivity index is 2.01. The van der Waals surface area contributed by atoms with Crippen molar-refractivity contribution in [3.05, 3.63) is 64.7 Å². The molecule has 2 aromatic carbocycles. The topological polar surface area (TPSA) is 61.4 Å². The number of hydrogen-bond acceptors (Lipinski definition) is 3. The minimum atomic E-state index is -1.20. The van der Waals surface area contributed by atoms with E-state index in [-0.39, 0.29) is 12.3 Å². The SMILES string of the molecule is Cc1cc(C)c(NNC(=O)CC(C)(O)c2ccccc2)c(C)c1. The van der Waals surface area contributed by atoms with Crippen LogP contribution in [-0.4, -0.2) is 11.0 Å². The van der Waals surface area contributed by atoms with E-state index in [2.05, 4.69) is 23.0 Å². The second kappa shape index (κ2) is 6.84. The number of nitrogens with one attached hydrogen (secondary N) is 2. The van der Waals surface area contributed by atoms with Crippen molar-refractivity contribution in [3.8, 4) is 0 Å². The molecule has 4 heteroatoms. The van der Waals surface area contributed by atoms with Gasteiger partial charge in [-0.05, 0) is 44.4 Å². The molecule has 0 bridgehead atoms. The van der Waals surface area contributed by atoms with Crippen LogP contribution in [0.4, 0.5) is 5.69 Å². The Hall–Kier alpha value is -2.33. The molecule has 1 amide bonds. The number of anilines is 1. The van der Waals surface area contributed by atoms with Crippen LogP contribution in [0.5, 0.6) is 0 Å². The van der Waals surface area contributed by atoms with Crippen LogP contribution in [-0.2, 0) is 10.4 Å². The molecule has 0 saturated heterocycles. The maximum absolute atomic E-state index is 12.2. The number of hydrazine groups is 1. The molecule has 122 valence electrons. The quantitative estimate of drug-likeness (QED) is 0.742. The lowest BCUT2D eigenvalue weighted by molar-refractivity contribution is -0.125. The minimum absolute atomic E-state index is 0.0199. The van der Waals surface area contributed by atoms with E-state index in [0.717, 1.165) is 22.4 Å². The zero-order valence-electron chi connectivity index (χ0n) is 14.1. The maximum atomic E-state index is 12.2. The summed E-state index contributed by atoms with van der Waals surface area (Å²) >= 11 is 0. The minimum Gasteiger partial charge on any atom is -0.385 e. The molecule has 0 heterocycles. The molecule has 0 aliphatic heterocycles. The van der Waals surface area contributed by atoms with Crippen molar-refractivity contribution in [2.24, 2.45) is 0 Å². The lowest BCUT2D eigenvalue weighted by Crippen LogP contribution is -2.36. The lowest BCUT2D eigenvalue weighted by Gasteiger charge is -2.23. The molecular weight excluding hydrogens is 288 g/mol. The number of carbonyl (C=O) groups excluding carboxylic acids is 1. The molecule has 23 heavy (non-hydrogen) atoms. The Morgan fingerprint density at radius 3 is 2.22 bits per heavy atom. The number of aliphatic hydroxyl groups is 1. The summed E-state index contributed by atoms with van der Waals surface area (Å²) in [5.41, 5.74) is 9.38. The molecule has 0 fully saturated rings. The standard InChI is InChI=1S/C19H24N2O2/c1-13-10-14(2)18(15(3)11-13)21-20-17(22)12-19(4,23)16-8-6-5-7-9-16/h5-11,21,23H,12H2,1-4H3,(H,20,22). The fraction of sp³-hybridized carbons (Fsp3) is 0.316. The zero-order valence-corrected chi connectivity index (χ0v) is 14.1. The van der Waals surface area contributed by atoms with Gasteiger partial charge >= 0.3 is 0 Å². The summed E-state index contributed by atoms with van der Waals surface area (Å²) < 4.78 is 0. The fourth-order valence-corrected chi connectivity index (χ4v) is 2.77. The molecule has 0 aromatic heterocycles. The van der Waals surface area contributed by atoms with Crippen molar-refractivity contribution in [2.75, 3.05) is 5.43 Å². The van der Waals surface area contributed by atoms with E-state index in [9.17, 15) is 9.90 Å². The normalized spacial score (nSPS) is 13.3. The Morgan fingerprint density at radius 1 is 1.09 bits per heavy atom. The first-order chi connectivity index (χ1) is 10.8. The number of amides is 1. The van der Waals surface area contributed by atoms with Gasteiger partial charge in [0.05, 0.1) is 17.7 Å². The van der Waals surface area contributed by atoms with Gasteiger partial charge < -0.3 is 5.11 Å². The lowest BCUT2D eigenvalue weighted by atomic mass is 9.92. The number of carbonyl (C=O) groups is 1. The third-order valence-electron chi connectivity index (χ3n) is 3.90. The van der Waals surface area contributed by atoms with E-state index >= 15 is 0 Å². The van der Waals surface area contributed by atoms with Crippen LogP contribution >= 0.6 is 0 Å². The molecule has 0 spiro atoms. The van der Waals surface area contributed by atoms with Gasteiger partial charge in [-0.25, -0.2) is 0 Å². The molecule has 0 radical (unpaired) electrons. The summed E-state index contributed by atoms with van der Waals surface area (Å²) in [6.07, 6.45) is -0.0199. The Bertz CT molecular complexity index is 671. The van der Waals surface area contributed by atoms with Crippen LogP contribution in [0.1, 0.15) is 35.6 Å². The number of rotatable bonds is 5. The third kappa shape index (κ3) is 4.33. The summed E-state index contributed by atoms with van der Waals surface area (Å²) in [7, 11) is 0. The van der Waals surface area contributed by atoms with Gasteiger partial charge in [-0.15, -0.1) is 0 Å². The highest BCUT2D eigenvalue weighted by atomic mass is 16.3. The van der Waals surface area contributed by atoms with Crippen molar-refractivity contribution >= 4 is 11.6 Å². The largest absolute Gasteiger partial charge is 0.385 e. The molecule has 2 rings (SSSR count). The monoisotopic (exact) mass is 312 g/mol. The summed E-state index contributed by atoms with van der Waals surface area (Å²) in [4.78, 5) is 12.2. The van der Waals surface area contributed by atoms with Crippen LogP contribution < -0.4 is 10.9 Å². The summed E-state index contributed by atoms with van der Waals surface area (Å²) in [6, 6.07) is 13.3. The molecule has 2 aromatic rings. The Morgan fingerprint density at radius 2 is 1.65 bits per heavy atom. The molecule has 1 atom stereocenters. The summed E-state index contributed by atoms with van der Waals surface area (Å²) in [6.45, 7) is 7.67. The van der Waals surface area contributed by atoms with E-state index in [1.165, 1.54) is 5.56 Å². The van der Waals surface area contributed by atoms with Crippen LogP contribution in [0.3, 0.4) is 0 Å². The van der Waals surface area contributed by atoms with Gasteiger partial charge in [-0.3, -0.25) is 15.6 Å². The summed E-state index contributed by atoms with van der Waals surface area (Å²) in [5.74, 6) is -0.266. The average Bonchev–Trinajstić information content (AvgIpc) is 2.46. The molecule has 0 saturated carbocycles. The first kappa shape index (κ1) is 17.0. The van der Waals surface area contributed by atoms with E-state index in [4.69, 9.17) is 0 Å². The fourth-order valence-electron chi connectivity index (χ4n) is 2.77. The van der Waals surface area contributed by atoms with Crippen molar-refractivity contribution in [1.29, 1.82) is 0 Å². The van der Waals surface area contributed by atoms with Gasteiger partial charge in [-0.1, -0.05) is 48.0 Å². The molecule has 0 aliphatic rings. The number of benzene rings is 2. The van der Waals surface area contributed by atoms with Gasteiger partial charge in [0, 0.05) is 0 Å². The van der Waals surface area contributed by atoms with E-state index in [0.29, 0.717) is 0 Å². The zero-order chi connectivity index (χ0) is 17.0. The van der Waals surface area contributed by atoms with Crippen molar-refractivity contribution in [1.82, 2.24) is 5.43 Å². The third-order valence-corrected chi connectivity index (χ3v) is 3.90. The van der Waals surface area contributed by atoms with Crippen LogP contribution in [0.15, 0.2) is 42.5 Å². The van der Waals surface area contributed by atoms with E-state index < -0.39 is 5.60 Å². The van der Waals surface area contributed by atoms with Crippen molar-refractivity contribution in [3.63, 3.8) is 0 Å². The van der Waals surface area contributed by atoms with Crippen LogP contribution in [0.2, 0.25) is 0 Å². The molecule has 1 unspecified atom stereocenters. The highest BCUT2D eigenvalue weighted by molar-refractivity contribution is 5.79. The van der Waals surface area contributed by atoms with Crippen LogP contribution in [0.25, 0.3) is 0 Å². The summed E-state index contributed by atoms with van der Waals surface area (Å²) in [5, 5.41) is 10.5. The van der Waals surface area contributed by atoms with Gasteiger partial charge in [-0.2, -0.15) is 0 Å². The highest BCUT2D eigenvalue weighted by Gasteiger charge is 2.26. The highest BCUT2D eigenvalue weighted by Crippen LogP contribution is 2.24. The smallest absolute Gasteiger partial charge is 0.241 e. The number of hydrogen-bond donors (Lipinski definition) is 3. The van der Waals surface area contributed by atoms with Gasteiger partial charge in [0.25, 0.3) is 0 Å². The van der Waals surface area contributed by atoms with Crippen LogP contribution in [0, 0.1) is 20.8 Å². The average molecular weight is 312 g/mol. The van der Waals surface area contributed by atoms with Crippen molar-refractivity contribution < 1.29 is 9.90 Å². The molecular formula is C19H24N2O2. The molecule has 0 aliphatic carbocycles. The predicted octanol–water partition coefficient (Wildman–Crippen LogP) is 3.35. The molecule has 3 N–H and O–H groups in total. The van der Waals surface area contributed by atoms with E-state index in [1.54, 1.807) is 6.92 Å².